The van der Waals surface area contributed by atoms with E-state index in [1.807, 2.05) is 6.20 Å². The molecule has 0 amide bonds. The number of rotatable bonds is 2. The van der Waals surface area contributed by atoms with Gasteiger partial charge in [0.2, 0.25) is 0 Å². The summed E-state index contributed by atoms with van der Waals surface area (Å²) in [7, 11) is 0. The highest BCUT2D eigenvalue weighted by Crippen LogP contribution is 2.42. The largest absolute Gasteiger partial charge is 0.309 e. The van der Waals surface area contributed by atoms with Crippen molar-refractivity contribution in [1.29, 1.82) is 0 Å². The number of thiophene rings is 1. The molecule has 4 heteroatoms. The number of fused-ring (bicyclic) bond motifs is 10. The fraction of sp³-hybridized carbons (Fsp3) is 0. The second-order valence-corrected chi connectivity index (χ2v) is 11.1. The van der Waals surface area contributed by atoms with Crippen molar-refractivity contribution in [1.82, 2.24) is 14.1 Å². The third-order valence-electron chi connectivity index (χ3n) is 7.99. The first-order valence-electron chi connectivity index (χ1n) is 13.2. The minimum Gasteiger partial charge on any atom is -0.309 e. The van der Waals surface area contributed by atoms with Gasteiger partial charge in [0.05, 0.1) is 28.3 Å². The van der Waals surface area contributed by atoms with E-state index in [1.165, 1.54) is 53.6 Å². The molecule has 9 aromatic rings. The number of aromatic nitrogens is 3. The maximum Gasteiger partial charge on any atom is 0.125 e. The highest BCUT2D eigenvalue weighted by atomic mass is 32.1. The fourth-order valence-corrected chi connectivity index (χ4v) is 7.41. The topological polar surface area (TPSA) is 22.8 Å². The molecule has 5 aromatic carbocycles. The van der Waals surface area contributed by atoms with Crippen molar-refractivity contribution in [3.8, 4) is 11.4 Å². The van der Waals surface area contributed by atoms with E-state index in [-0.39, 0.29) is 0 Å². The zero-order valence-electron chi connectivity index (χ0n) is 20.9. The molecule has 182 valence electrons. The molecule has 3 nitrogen and oxygen atoms in total. The van der Waals surface area contributed by atoms with Crippen LogP contribution in [-0.4, -0.2) is 14.1 Å². The maximum atomic E-state index is 4.95. The quantitative estimate of drug-likeness (QED) is 0.225. The lowest BCUT2D eigenvalue weighted by molar-refractivity contribution is 1.14. The van der Waals surface area contributed by atoms with Gasteiger partial charge in [-0.15, -0.1) is 11.3 Å². The molecular weight excluding hydrogens is 494 g/mol. The number of hydrogen-bond acceptors (Lipinski definition) is 2. The van der Waals surface area contributed by atoms with Gasteiger partial charge in [-0.25, -0.2) is 4.98 Å². The molecular formula is C35H21N3S. The Bertz CT molecular complexity index is 2330. The number of benzene rings is 5. The van der Waals surface area contributed by atoms with E-state index >= 15 is 0 Å². The van der Waals surface area contributed by atoms with Gasteiger partial charge in [0, 0.05) is 48.4 Å². The van der Waals surface area contributed by atoms with E-state index in [2.05, 4.69) is 130 Å². The van der Waals surface area contributed by atoms with E-state index in [4.69, 9.17) is 4.98 Å². The first-order valence-corrected chi connectivity index (χ1v) is 14.0. The summed E-state index contributed by atoms with van der Waals surface area (Å²) in [4.78, 5) is 6.04. The van der Waals surface area contributed by atoms with Crippen LogP contribution in [0.4, 0.5) is 0 Å². The summed E-state index contributed by atoms with van der Waals surface area (Å²) in [5.74, 6) is 0. The second-order valence-electron chi connectivity index (χ2n) is 10.0. The molecule has 0 N–H and O–H groups in total. The van der Waals surface area contributed by atoms with Gasteiger partial charge in [-0.05, 0) is 48.5 Å². The molecule has 4 aromatic heterocycles. The molecule has 0 aliphatic rings. The molecule has 0 saturated carbocycles. The lowest BCUT2D eigenvalue weighted by Crippen LogP contribution is -1.97. The molecule has 0 fully saturated rings. The third-order valence-corrected chi connectivity index (χ3v) is 9.07. The summed E-state index contributed by atoms with van der Waals surface area (Å²) in [5, 5.41) is 7.62. The highest BCUT2D eigenvalue weighted by molar-refractivity contribution is 7.25. The first-order chi connectivity index (χ1) is 19.4. The second kappa shape index (κ2) is 7.79. The van der Waals surface area contributed by atoms with Crippen LogP contribution in [0.15, 0.2) is 128 Å². The number of nitrogens with zero attached hydrogens (tertiary/aromatic N) is 3. The van der Waals surface area contributed by atoms with Crippen molar-refractivity contribution in [2.45, 2.75) is 0 Å². The number of pyridine rings is 1. The average molecular weight is 516 g/mol. The molecule has 0 aliphatic carbocycles. The van der Waals surface area contributed by atoms with E-state index in [0.29, 0.717) is 0 Å². The Morgan fingerprint density at radius 2 is 0.923 bits per heavy atom. The van der Waals surface area contributed by atoms with E-state index < -0.39 is 0 Å². The van der Waals surface area contributed by atoms with Crippen LogP contribution >= 0.6 is 11.3 Å². The summed E-state index contributed by atoms with van der Waals surface area (Å²) in [6.07, 6.45) is 2.05. The molecule has 0 atom stereocenters. The minimum absolute atomic E-state index is 1.09. The van der Waals surface area contributed by atoms with Crippen LogP contribution in [-0.2, 0) is 0 Å². The third kappa shape index (κ3) is 2.84. The standard InChI is InChI=1S/C35H21N3S/c1-5-13-28-24(9-1)25-10-2-6-14-29(25)37(28)22-17-19-23(20-18-22)38-30-15-7-3-11-26(30)33-31(38)21-36-35-34(33)27-12-4-8-16-32(27)39-35/h1-21H. The molecule has 0 unspecified atom stereocenters. The Labute approximate surface area is 227 Å². The predicted octanol–water partition coefficient (Wildman–Crippen LogP) is 9.64. The summed E-state index contributed by atoms with van der Waals surface area (Å²) < 4.78 is 6.00. The van der Waals surface area contributed by atoms with Gasteiger partial charge in [0.1, 0.15) is 4.83 Å². The normalized spacial score (nSPS) is 12.1. The van der Waals surface area contributed by atoms with Gasteiger partial charge in [-0.2, -0.15) is 0 Å². The fourth-order valence-electron chi connectivity index (χ4n) is 6.36. The van der Waals surface area contributed by atoms with Gasteiger partial charge in [-0.3, -0.25) is 0 Å². The van der Waals surface area contributed by atoms with E-state index in [9.17, 15) is 0 Å². The molecule has 9 rings (SSSR count). The van der Waals surface area contributed by atoms with Crippen molar-refractivity contribution in [3.63, 3.8) is 0 Å². The number of para-hydroxylation sites is 3. The average Bonchev–Trinajstić information content (AvgIpc) is 3.65. The van der Waals surface area contributed by atoms with Crippen molar-refractivity contribution >= 4 is 75.3 Å². The van der Waals surface area contributed by atoms with Crippen LogP contribution < -0.4 is 0 Å². The van der Waals surface area contributed by atoms with Gasteiger partial charge < -0.3 is 9.13 Å². The molecule has 0 bridgehead atoms. The Morgan fingerprint density at radius 3 is 1.56 bits per heavy atom. The molecule has 0 aliphatic heterocycles. The van der Waals surface area contributed by atoms with E-state index in [0.717, 1.165) is 21.7 Å². The summed E-state index contributed by atoms with van der Waals surface area (Å²) in [6, 6.07) is 43.6. The SMILES string of the molecule is c1ccc2c(c1)sc1ncc3c(c4ccccc4n3-c3ccc(-n4c5ccccc5c5ccccc54)cc3)c12. The molecule has 0 saturated heterocycles. The summed E-state index contributed by atoms with van der Waals surface area (Å²) >= 11 is 1.77. The van der Waals surface area contributed by atoms with Crippen LogP contribution in [0.25, 0.3) is 75.3 Å². The summed E-state index contributed by atoms with van der Waals surface area (Å²) in [6.45, 7) is 0. The Hall–Kier alpha value is -4.93. The zero-order valence-corrected chi connectivity index (χ0v) is 21.7. The molecule has 0 spiro atoms. The van der Waals surface area contributed by atoms with Crippen molar-refractivity contribution < 1.29 is 0 Å². The van der Waals surface area contributed by atoms with Crippen LogP contribution in [0, 0.1) is 0 Å². The molecule has 39 heavy (non-hydrogen) atoms. The lowest BCUT2D eigenvalue weighted by atomic mass is 10.1. The van der Waals surface area contributed by atoms with Crippen molar-refractivity contribution in [2.75, 3.05) is 0 Å². The Kier molecular flexibility index (Phi) is 4.21. The van der Waals surface area contributed by atoms with Gasteiger partial charge in [0.15, 0.2) is 0 Å². The molecule has 0 radical (unpaired) electrons. The van der Waals surface area contributed by atoms with Crippen molar-refractivity contribution in [2.24, 2.45) is 0 Å². The Morgan fingerprint density at radius 1 is 0.436 bits per heavy atom. The predicted molar refractivity (Wildman–Crippen MR) is 166 cm³/mol. The zero-order chi connectivity index (χ0) is 25.5. The molecule has 4 heterocycles. The van der Waals surface area contributed by atoms with Gasteiger partial charge >= 0.3 is 0 Å². The van der Waals surface area contributed by atoms with Gasteiger partial charge in [0.25, 0.3) is 0 Å². The summed E-state index contributed by atoms with van der Waals surface area (Å²) in [5.41, 5.74) is 7.06. The maximum absolute atomic E-state index is 4.95. The Balaban J connectivity index is 1.31. The minimum atomic E-state index is 1.09. The van der Waals surface area contributed by atoms with Gasteiger partial charge in [-0.1, -0.05) is 72.8 Å². The highest BCUT2D eigenvalue weighted by Gasteiger charge is 2.18. The number of hydrogen-bond donors (Lipinski definition) is 0. The first kappa shape index (κ1) is 21.1. The monoisotopic (exact) mass is 515 g/mol. The van der Waals surface area contributed by atoms with Crippen LogP contribution in [0.3, 0.4) is 0 Å². The van der Waals surface area contributed by atoms with Crippen molar-refractivity contribution in [3.05, 3.63) is 128 Å². The van der Waals surface area contributed by atoms with Crippen LogP contribution in [0.5, 0.6) is 0 Å². The van der Waals surface area contributed by atoms with Crippen LogP contribution in [0.2, 0.25) is 0 Å². The van der Waals surface area contributed by atoms with E-state index in [1.54, 1.807) is 11.3 Å². The lowest BCUT2D eigenvalue weighted by Gasteiger charge is -2.11. The smallest absolute Gasteiger partial charge is 0.125 e. The van der Waals surface area contributed by atoms with Crippen LogP contribution in [0.1, 0.15) is 0 Å².